The van der Waals surface area contributed by atoms with Crippen molar-refractivity contribution in [1.82, 2.24) is 4.90 Å². The molecule has 1 aromatic rings. The SMILES string of the molecule is CCOC(=O)CN(CC(C)C)C(=O)C(N)c1ccccc1. The highest BCUT2D eigenvalue weighted by Crippen LogP contribution is 2.14. The summed E-state index contributed by atoms with van der Waals surface area (Å²) in [5, 5.41) is 0. The third kappa shape index (κ3) is 5.55. The summed E-state index contributed by atoms with van der Waals surface area (Å²) in [7, 11) is 0. The molecule has 0 radical (unpaired) electrons. The monoisotopic (exact) mass is 292 g/mol. The van der Waals surface area contributed by atoms with Crippen LogP contribution in [0.15, 0.2) is 30.3 Å². The molecule has 0 fully saturated rings. The standard InChI is InChI=1S/C16H24N2O3/c1-4-21-14(19)11-18(10-12(2)3)16(20)15(17)13-8-6-5-7-9-13/h5-9,12,15H,4,10-11,17H2,1-3H3. The molecular weight excluding hydrogens is 268 g/mol. The van der Waals surface area contributed by atoms with Gasteiger partial charge in [0.15, 0.2) is 0 Å². The first-order chi connectivity index (χ1) is 9.95. The molecule has 5 heteroatoms. The lowest BCUT2D eigenvalue weighted by Gasteiger charge is -2.26. The van der Waals surface area contributed by atoms with Crippen LogP contribution in [0.3, 0.4) is 0 Å². The summed E-state index contributed by atoms with van der Waals surface area (Å²) in [5.74, 6) is -0.430. The smallest absolute Gasteiger partial charge is 0.325 e. The summed E-state index contributed by atoms with van der Waals surface area (Å²) in [6.45, 7) is 6.41. The van der Waals surface area contributed by atoms with Crippen LogP contribution in [0.4, 0.5) is 0 Å². The van der Waals surface area contributed by atoms with Gasteiger partial charge >= 0.3 is 5.97 Å². The lowest BCUT2D eigenvalue weighted by Crippen LogP contribution is -2.43. The highest BCUT2D eigenvalue weighted by molar-refractivity contribution is 5.86. The van der Waals surface area contributed by atoms with Crippen LogP contribution in [0.2, 0.25) is 0 Å². The Labute approximate surface area is 126 Å². The summed E-state index contributed by atoms with van der Waals surface area (Å²) in [4.78, 5) is 25.6. The Hall–Kier alpha value is -1.88. The van der Waals surface area contributed by atoms with E-state index < -0.39 is 12.0 Å². The first kappa shape index (κ1) is 17.2. The van der Waals surface area contributed by atoms with Crippen molar-refractivity contribution in [3.05, 3.63) is 35.9 Å². The second kappa shape index (κ2) is 8.42. The quantitative estimate of drug-likeness (QED) is 0.777. The number of nitrogens with zero attached hydrogens (tertiary/aromatic N) is 1. The molecule has 1 atom stereocenters. The summed E-state index contributed by atoms with van der Waals surface area (Å²) in [6, 6.07) is 8.38. The molecule has 0 aliphatic heterocycles. The molecule has 0 aliphatic carbocycles. The minimum Gasteiger partial charge on any atom is -0.465 e. The van der Waals surface area contributed by atoms with E-state index in [9.17, 15) is 9.59 Å². The molecule has 0 saturated carbocycles. The molecule has 1 unspecified atom stereocenters. The van der Waals surface area contributed by atoms with Gasteiger partial charge in [-0.05, 0) is 18.4 Å². The predicted molar refractivity (Wildman–Crippen MR) is 81.4 cm³/mol. The highest BCUT2D eigenvalue weighted by atomic mass is 16.5. The van der Waals surface area contributed by atoms with Gasteiger partial charge in [0.2, 0.25) is 5.91 Å². The normalized spacial score (nSPS) is 12.0. The summed E-state index contributed by atoms with van der Waals surface area (Å²) >= 11 is 0. The third-order valence-electron chi connectivity index (χ3n) is 2.95. The Kier molecular flexibility index (Phi) is 6.88. The molecule has 0 spiro atoms. The number of nitrogens with two attached hydrogens (primary N) is 1. The van der Waals surface area contributed by atoms with E-state index in [4.69, 9.17) is 10.5 Å². The zero-order chi connectivity index (χ0) is 15.8. The van der Waals surface area contributed by atoms with E-state index in [1.54, 1.807) is 19.1 Å². The number of amides is 1. The zero-order valence-electron chi connectivity index (χ0n) is 12.9. The molecule has 1 rings (SSSR count). The van der Waals surface area contributed by atoms with Crippen molar-refractivity contribution in [2.24, 2.45) is 11.7 Å². The maximum Gasteiger partial charge on any atom is 0.325 e. The molecule has 2 N–H and O–H groups in total. The average molecular weight is 292 g/mol. The van der Waals surface area contributed by atoms with Crippen LogP contribution >= 0.6 is 0 Å². The topological polar surface area (TPSA) is 72.6 Å². The van der Waals surface area contributed by atoms with Crippen LogP contribution < -0.4 is 5.73 Å². The molecule has 1 amide bonds. The van der Waals surface area contributed by atoms with Crippen LogP contribution in [0.25, 0.3) is 0 Å². The lowest BCUT2D eigenvalue weighted by molar-refractivity contribution is -0.149. The molecule has 0 bridgehead atoms. The van der Waals surface area contributed by atoms with Crippen LogP contribution in [0.1, 0.15) is 32.4 Å². The number of hydrogen-bond acceptors (Lipinski definition) is 4. The van der Waals surface area contributed by atoms with Gasteiger partial charge in [-0.3, -0.25) is 9.59 Å². The van der Waals surface area contributed by atoms with Gasteiger partial charge in [0.25, 0.3) is 0 Å². The number of carbonyl (C=O) groups is 2. The summed E-state index contributed by atoms with van der Waals surface area (Å²) in [6.07, 6.45) is 0. The lowest BCUT2D eigenvalue weighted by atomic mass is 10.1. The summed E-state index contributed by atoms with van der Waals surface area (Å²) in [5.41, 5.74) is 6.76. The van der Waals surface area contributed by atoms with Crippen LogP contribution in [-0.2, 0) is 14.3 Å². The molecule has 1 aromatic carbocycles. The van der Waals surface area contributed by atoms with E-state index in [2.05, 4.69) is 0 Å². The fraction of sp³-hybridized carbons (Fsp3) is 0.500. The average Bonchev–Trinajstić information content (AvgIpc) is 2.45. The molecule has 5 nitrogen and oxygen atoms in total. The Morgan fingerprint density at radius 1 is 1.24 bits per heavy atom. The largest absolute Gasteiger partial charge is 0.465 e. The number of ether oxygens (including phenoxy) is 1. The molecule has 116 valence electrons. The van der Waals surface area contributed by atoms with Gasteiger partial charge in [0.05, 0.1) is 6.61 Å². The number of esters is 1. The minimum absolute atomic E-state index is 0.0641. The molecule has 21 heavy (non-hydrogen) atoms. The van der Waals surface area contributed by atoms with E-state index >= 15 is 0 Å². The van der Waals surface area contributed by atoms with Gasteiger partial charge in [-0.1, -0.05) is 44.2 Å². The number of hydrogen-bond donors (Lipinski definition) is 1. The van der Waals surface area contributed by atoms with Gasteiger partial charge in [0, 0.05) is 6.54 Å². The molecular formula is C16H24N2O3. The fourth-order valence-electron chi connectivity index (χ4n) is 2.04. The predicted octanol–water partition coefficient (Wildman–Crippen LogP) is 1.73. The third-order valence-corrected chi connectivity index (χ3v) is 2.95. The van der Waals surface area contributed by atoms with Crippen molar-refractivity contribution >= 4 is 11.9 Å². The van der Waals surface area contributed by atoms with Gasteiger partial charge in [0.1, 0.15) is 12.6 Å². The fourth-order valence-corrected chi connectivity index (χ4v) is 2.04. The Bertz CT molecular complexity index is 460. The molecule has 0 aliphatic rings. The van der Waals surface area contributed by atoms with Crippen molar-refractivity contribution in [3.63, 3.8) is 0 Å². The minimum atomic E-state index is -0.764. The Morgan fingerprint density at radius 3 is 2.38 bits per heavy atom. The van der Waals surface area contributed by atoms with Gasteiger partial charge in [-0.2, -0.15) is 0 Å². The number of benzene rings is 1. The van der Waals surface area contributed by atoms with Crippen LogP contribution in [-0.4, -0.2) is 36.5 Å². The zero-order valence-corrected chi connectivity index (χ0v) is 12.9. The number of carbonyl (C=O) groups excluding carboxylic acids is 2. The van der Waals surface area contributed by atoms with Crippen molar-refractivity contribution in [3.8, 4) is 0 Å². The van der Waals surface area contributed by atoms with Gasteiger partial charge in [-0.25, -0.2) is 0 Å². The van der Waals surface area contributed by atoms with Crippen molar-refractivity contribution < 1.29 is 14.3 Å². The van der Waals surface area contributed by atoms with Crippen molar-refractivity contribution in [1.29, 1.82) is 0 Å². The van der Waals surface area contributed by atoms with E-state index in [1.807, 2.05) is 32.0 Å². The Balaban J connectivity index is 2.81. The second-order valence-corrected chi connectivity index (χ2v) is 5.31. The first-order valence-electron chi connectivity index (χ1n) is 7.20. The molecule has 0 heterocycles. The Morgan fingerprint density at radius 2 is 1.86 bits per heavy atom. The van der Waals surface area contributed by atoms with Crippen LogP contribution in [0.5, 0.6) is 0 Å². The number of rotatable bonds is 7. The van der Waals surface area contributed by atoms with E-state index in [0.29, 0.717) is 13.2 Å². The maximum atomic E-state index is 12.5. The van der Waals surface area contributed by atoms with E-state index in [-0.39, 0.29) is 18.4 Å². The van der Waals surface area contributed by atoms with Gasteiger partial charge in [-0.15, -0.1) is 0 Å². The van der Waals surface area contributed by atoms with Crippen molar-refractivity contribution in [2.75, 3.05) is 19.7 Å². The second-order valence-electron chi connectivity index (χ2n) is 5.31. The first-order valence-corrected chi connectivity index (χ1v) is 7.20. The molecule has 0 aromatic heterocycles. The summed E-state index contributed by atoms with van der Waals surface area (Å²) < 4.78 is 4.92. The van der Waals surface area contributed by atoms with Crippen LogP contribution in [0, 0.1) is 5.92 Å². The van der Waals surface area contributed by atoms with Crippen molar-refractivity contribution in [2.45, 2.75) is 26.8 Å². The van der Waals surface area contributed by atoms with E-state index in [0.717, 1.165) is 5.56 Å². The highest BCUT2D eigenvalue weighted by Gasteiger charge is 2.25. The maximum absolute atomic E-state index is 12.5. The van der Waals surface area contributed by atoms with Gasteiger partial charge < -0.3 is 15.4 Å². The van der Waals surface area contributed by atoms with E-state index in [1.165, 1.54) is 4.90 Å². The molecule has 0 saturated heterocycles.